The summed E-state index contributed by atoms with van der Waals surface area (Å²) in [6, 6.07) is 9.74. The van der Waals surface area contributed by atoms with Crippen molar-refractivity contribution in [3.05, 3.63) is 35.9 Å². The molecule has 1 saturated carbocycles. The van der Waals surface area contributed by atoms with Crippen LogP contribution in [0.15, 0.2) is 30.3 Å². The first-order valence-electron chi connectivity index (χ1n) is 9.84. The van der Waals surface area contributed by atoms with E-state index in [1.54, 1.807) is 0 Å². The van der Waals surface area contributed by atoms with E-state index in [-0.39, 0.29) is 35.4 Å². The van der Waals surface area contributed by atoms with Crippen molar-refractivity contribution in [3.63, 3.8) is 0 Å². The van der Waals surface area contributed by atoms with Gasteiger partial charge in [-0.05, 0) is 18.4 Å². The molecule has 2 bridgehead atoms. The first-order chi connectivity index (χ1) is 13.1. The molecule has 1 aliphatic carbocycles. The molecule has 0 N–H and O–H groups in total. The maximum atomic E-state index is 12.9. The fourth-order valence-electron chi connectivity index (χ4n) is 4.52. The third-order valence-electron chi connectivity index (χ3n) is 6.07. The molecule has 27 heavy (non-hydrogen) atoms. The Hall–Kier alpha value is -2.21. The number of hydrogen-bond acceptors (Lipinski definition) is 4. The average Bonchev–Trinajstić information content (AvgIpc) is 2.68. The summed E-state index contributed by atoms with van der Waals surface area (Å²) in [6.07, 6.45) is 1.63. The van der Waals surface area contributed by atoms with Gasteiger partial charge in [-0.25, -0.2) is 0 Å². The van der Waals surface area contributed by atoms with Crippen molar-refractivity contribution in [2.45, 2.75) is 19.3 Å². The van der Waals surface area contributed by atoms with Gasteiger partial charge in [0.2, 0.25) is 11.8 Å². The molecule has 6 nitrogen and oxygen atoms in total. The topological polar surface area (TPSA) is 66.9 Å². The molecule has 2 amide bonds. The summed E-state index contributed by atoms with van der Waals surface area (Å²) in [4.78, 5) is 41.3. The number of rotatable bonds is 3. The van der Waals surface area contributed by atoms with E-state index in [4.69, 9.17) is 4.74 Å². The Morgan fingerprint density at radius 3 is 2.15 bits per heavy atom. The molecule has 2 unspecified atom stereocenters. The van der Waals surface area contributed by atoms with Gasteiger partial charge in [0.05, 0.1) is 19.6 Å². The summed E-state index contributed by atoms with van der Waals surface area (Å²) in [5.74, 6) is 0.243. The lowest BCUT2D eigenvalue weighted by molar-refractivity contribution is -0.152. The standard InChI is InChI=1S/C21H26N2O4/c24-19(10-15-4-2-1-3-5-15)22-6-8-23(9-7-22)21(26)16-11-17-13-27-14-18(12-16)20(17)25/h1-5,16-18H,6-14H2. The van der Waals surface area contributed by atoms with Crippen LogP contribution < -0.4 is 0 Å². The molecule has 6 heteroatoms. The Bertz CT molecular complexity index is 696. The van der Waals surface area contributed by atoms with Crippen LogP contribution in [-0.4, -0.2) is 66.8 Å². The van der Waals surface area contributed by atoms with Crippen LogP contribution in [0.4, 0.5) is 0 Å². The molecule has 2 aliphatic heterocycles. The van der Waals surface area contributed by atoms with Crippen LogP contribution in [-0.2, 0) is 25.5 Å². The number of nitrogens with zero attached hydrogens (tertiary/aromatic N) is 2. The summed E-state index contributed by atoms with van der Waals surface area (Å²) in [5.41, 5.74) is 1.02. The average molecular weight is 370 g/mol. The predicted molar refractivity (Wildman–Crippen MR) is 98.8 cm³/mol. The SMILES string of the molecule is O=C1C2COCC1CC(C(=O)N1CCN(C(=O)Cc3ccccc3)CC1)C2. The zero-order chi connectivity index (χ0) is 18.8. The molecule has 2 heterocycles. The van der Waals surface area contributed by atoms with Crippen molar-refractivity contribution < 1.29 is 19.1 Å². The second kappa shape index (κ2) is 7.80. The van der Waals surface area contributed by atoms with E-state index in [9.17, 15) is 14.4 Å². The van der Waals surface area contributed by atoms with Crippen LogP contribution in [0.2, 0.25) is 0 Å². The lowest BCUT2D eigenvalue weighted by Crippen LogP contribution is -2.54. The van der Waals surface area contributed by atoms with Crippen molar-refractivity contribution >= 4 is 17.6 Å². The van der Waals surface area contributed by atoms with Crippen LogP contribution in [0.25, 0.3) is 0 Å². The lowest BCUT2D eigenvalue weighted by Gasteiger charge is -2.41. The van der Waals surface area contributed by atoms with Crippen LogP contribution in [0, 0.1) is 17.8 Å². The third kappa shape index (κ3) is 3.90. The van der Waals surface area contributed by atoms with Gasteiger partial charge in [-0.3, -0.25) is 14.4 Å². The largest absolute Gasteiger partial charge is 0.380 e. The van der Waals surface area contributed by atoms with Crippen LogP contribution in [0.5, 0.6) is 0 Å². The van der Waals surface area contributed by atoms with Gasteiger partial charge < -0.3 is 14.5 Å². The number of carbonyl (C=O) groups is 3. The minimum atomic E-state index is -0.111. The normalized spacial score (nSPS) is 28.1. The number of hydrogen-bond donors (Lipinski definition) is 0. The highest BCUT2D eigenvalue weighted by molar-refractivity contribution is 5.88. The summed E-state index contributed by atoms with van der Waals surface area (Å²) in [6.45, 7) is 3.24. The number of fused-ring (bicyclic) bond motifs is 2. The lowest BCUT2D eigenvalue weighted by atomic mass is 9.73. The Labute approximate surface area is 159 Å². The molecular formula is C21H26N2O4. The van der Waals surface area contributed by atoms with E-state index >= 15 is 0 Å². The molecule has 0 spiro atoms. The van der Waals surface area contributed by atoms with Gasteiger partial charge in [-0.2, -0.15) is 0 Å². The van der Waals surface area contributed by atoms with Gasteiger partial charge in [0.15, 0.2) is 0 Å². The first kappa shape index (κ1) is 18.2. The zero-order valence-corrected chi connectivity index (χ0v) is 15.5. The predicted octanol–water partition coefficient (Wildman–Crippen LogP) is 1.14. The summed E-state index contributed by atoms with van der Waals surface area (Å²) >= 11 is 0. The van der Waals surface area contributed by atoms with Gasteiger partial charge in [0, 0.05) is 43.9 Å². The van der Waals surface area contributed by atoms with Gasteiger partial charge in [0.1, 0.15) is 5.78 Å². The third-order valence-corrected chi connectivity index (χ3v) is 6.07. The van der Waals surface area contributed by atoms with Crippen molar-refractivity contribution in [1.29, 1.82) is 0 Å². The smallest absolute Gasteiger partial charge is 0.227 e. The van der Waals surface area contributed by atoms with Gasteiger partial charge in [-0.15, -0.1) is 0 Å². The summed E-state index contributed by atoms with van der Waals surface area (Å²) < 4.78 is 5.48. The van der Waals surface area contributed by atoms with Gasteiger partial charge >= 0.3 is 0 Å². The van der Waals surface area contributed by atoms with Gasteiger partial charge in [0.25, 0.3) is 0 Å². The van der Waals surface area contributed by atoms with E-state index in [1.165, 1.54) is 0 Å². The van der Waals surface area contributed by atoms with Crippen molar-refractivity contribution in [1.82, 2.24) is 9.80 Å². The molecule has 1 aromatic rings. The molecular weight excluding hydrogens is 344 g/mol. The second-order valence-electron chi connectivity index (χ2n) is 7.87. The zero-order valence-electron chi connectivity index (χ0n) is 15.5. The molecule has 2 atom stereocenters. The van der Waals surface area contributed by atoms with E-state index in [1.807, 2.05) is 40.1 Å². The monoisotopic (exact) mass is 370 g/mol. The number of carbonyl (C=O) groups excluding carboxylic acids is 3. The van der Waals surface area contributed by atoms with Gasteiger partial charge in [-0.1, -0.05) is 30.3 Å². The highest BCUT2D eigenvalue weighted by atomic mass is 16.5. The Kier molecular flexibility index (Phi) is 5.25. The summed E-state index contributed by atoms with van der Waals surface area (Å²) in [5, 5.41) is 0. The first-order valence-corrected chi connectivity index (χ1v) is 9.84. The van der Waals surface area contributed by atoms with Crippen LogP contribution in [0.3, 0.4) is 0 Å². The Morgan fingerprint density at radius 1 is 0.926 bits per heavy atom. The quantitative estimate of drug-likeness (QED) is 0.800. The molecule has 3 fully saturated rings. The summed E-state index contributed by atoms with van der Waals surface area (Å²) in [7, 11) is 0. The second-order valence-corrected chi connectivity index (χ2v) is 7.87. The maximum Gasteiger partial charge on any atom is 0.227 e. The number of amides is 2. The highest BCUT2D eigenvalue weighted by Gasteiger charge is 2.43. The number of ketones is 1. The van der Waals surface area contributed by atoms with E-state index in [0.717, 1.165) is 5.56 Å². The fraction of sp³-hybridized carbons (Fsp3) is 0.571. The van der Waals surface area contributed by atoms with Crippen molar-refractivity contribution in [2.75, 3.05) is 39.4 Å². The van der Waals surface area contributed by atoms with E-state index < -0.39 is 0 Å². The minimum Gasteiger partial charge on any atom is -0.380 e. The number of Topliss-reactive ketones (excluding diaryl/α,β-unsaturated/α-hetero) is 1. The van der Waals surface area contributed by atoms with E-state index in [2.05, 4.69) is 0 Å². The molecule has 3 aliphatic rings. The molecule has 0 radical (unpaired) electrons. The van der Waals surface area contributed by atoms with Crippen molar-refractivity contribution in [3.8, 4) is 0 Å². The fourth-order valence-corrected chi connectivity index (χ4v) is 4.52. The highest BCUT2D eigenvalue weighted by Crippen LogP contribution is 2.35. The Balaban J connectivity index is 1.29. The Morgan fingerprint density at radius 2 is 1.52 bits per heavy atom. The number of piperazine rings is 1. The molecule has 1 aromatic carbocycles. The molecule has 2 saturated heterocycles. The number of ether oxygens (including phenoxy) is 1. The van der Waals surface area contributed by atoms with Crippen LogP contribution in [0.1, 0.15) is 18.4 Å². The number of benzene rings is 1. The maximum absolute atomic E-state index is 12.9. The minimum absolute atomic E-state index is 0.0758. The molecule has 4 rings (SSSR count). The van der Waals surface area contributed by atoms with E-state index in [0.29, 0.717) is 58.7 Å². The van der Waals surface area contributed by atoms with Crippen LogP contribution >= 0.6 is 0 Å². The molecule has 0 aromatic heterocycles. The van der Waals surface area contributed by atoms with Crippen molar-refractivity contribution in [2.24, 2.45) is 17.8 Å². The molecule has 144 valence electrons.